The average Bonchev–Trinajstić information content (AvgIpc) is 2.75. The van der Waals surface area contributed by atoms with E-state index in [0.29, 0.717) is 11.1 Å². The summed E-state index contributed by atoms with van der Waals surface area (Å²) in [6, 6.07) is 3.69. The second-order valence-corrected chi connectivity index (χ2v) is 4.31. The molecule has 1 aliphatic heterocycles. The van der Waals surface area contributed by atoms with Crippen molar-refractivity contribution in [3.05, 3.63) is 22.6 Å². The maximum atomic E-state index is 9.81. The lowest BCUT2D eigenvalue weighted by atomic mass is 10.1. The number of aliphatic hydroxyl groups excluding tert-OH is 1. The molecule has 0 aliphatic carbocycles. The minimum Gasteiger partial charge on any atom is -0.454 e. The van der Waals surface area contributed by atoms with Crippen LogP contribution in [0.5, 0.6) is 0 Å². The molecule has 3 nitrogen and oxygen atoms in total. The average molecular weight is 261 g/mol. The quantitative estimate of drug-likeness (QED) is 0.906. The molecule has 1 aliphatic rings. The van der Waals surface area contributed by atoms with Gasteiger partial charge in [0.25, 0.3) is 0 Å². The van der Waals surface area contributed by atoms with Crippen LogP contribution >= 0.6 is 15.9 Å². The van der Waals surface area contributed by atoms with Gasteiger partial charge in [0.2, 0.25) is 0 Å². The Labute approximate surface area is 91.2 Å². The zero-order valence-corrected chi connectivity index (χ0v) is 9.37. The maximum Gasteiger partial charge on any atom is 0.169 e. The van der Waals surface area contributed by atoms with Crippen molar-refractivity contribution in [2.45, 2.75) is 31.5 Å². The summed E-state index contributed by atoms with van der Waals surface area (Å²) in [5.74, 6) is 0.792. The molecular weight excluding hydrogens is 248 g/mol. The predicted octanol–water partition coefficient (Wildman–Crippen LogP) is 2.12. The number of hydrogen-bond acceptors (Lipinski definition) is 3. The maximum absolute atomic E-state index is 9.81. The second kappa shape index (κ2) is 4.47. The molecule has 14 heavy (non-hydrogen) atoms. The topological polar surface area (TPSA) is 42.6 Å². The minimum absolute atomic E-state index is 0.0149. The highest BCUT2D eigenvalue weighted by Crippen LogP contribution is 2.21. The van der Waals surface area contributed by atoms with E-state index in [1.165, 1.54) is 0 Å². The molecule has 0 saturated carbocycles. The summed E-state index contributed by atoms with van der Waals surface area (Å²) in [4.78, 5) is 0. The molecule has 0 bridgehead atoms. The Balaban J connectivity index is 1.90. The minimum atomic E-state index is -0.449. The molecule has 2 atom stereocenters. The lowest BCUT2D eigenvalue weighted by Gasteiger charge is -2.15. The summed E-state index contributed by atoms with van der Waals surface area (Å²) < 4.78 is 11.4. The summed E-state index contributed by atoms with van der Waals surface area (Å²) >= 11 is 3.23. The van der Waals surface area contributed by atoms with Crippen molar-refractivity contribution in [1.29, 1.82) is 0 Å². The van der Waals surface area contributed by atoms with Gasteiger partial charge < -0.3 is 14.3 Å². The van der Waals surface area contributed by atoms with Crippen LogP contribution < -0.4 is 0 Å². The number of rotatable bonds is 3. The molecule has 4 heteroatoms. The van der Waals surface area contributed by atoms with E-state index in [0.717, 1.165) is 25.2 Å². The molecule has 2 heterocycles. The van der Waals surface area contributed by atoms with Crippen molar-refractivity contribution >= 4 is 15.9 Å². The van der Waals surface area contributed by atoms with Crippen molar-refractivity contribution in [1.82, 2.24) is 0 Å². The Bertz CT molecular complexity index is 291. The van der Waals surface area contributed by atoms with Crippen LogP contribution in [0.25, 0.3) is 0 Å². The van der Waals surface area contributed by atoms with E-state index in [2.05, 4.69) is 15.9 Å². The summed E-state index contributed by atoms with van der Waals surface area (Å²) in [5, 5.41) is 9.81. The third-order valence-electron chi connectivity index (χ3n) is 2.43. The third-order valence-corrected chi connectivity index (χ3v) is 2.86. The fourth-order valence-corrected chi connectivity index (χ4v) is 2.05. The number of hydrogen-bond donors (Lipinski definition) is 1. The Hall–Kier alpha value is -0.320. The van der Waals surface area contributed by atoms with Crippen molar-refractivity contribution < 1.29 is 14.3 Å². The van der Waals surface area contributed by atoms with Crippen molar-refractivity contribution in [3.63, 3.8) is 0 Å². The van der Waals surface area contributed by atoms with Crippen LogP contribution in [0.15, 0.2) is 21.2 Å². The zero-order chi connectivity index (χ0) is 9.97. The van der Waals surface area contributed by atoms with Gasteiger partial charge in [0, 0.05) is 13.0 Å². The van der Waals surface area contributed by atoms with Gasteiger partial charge in [-0.25, -0.2) is 0 Å². The SMILES string of the molecule is OC(Cc1ccc(Br)o1)C1CCCO1. The summed E-state index contributed by atoms with van der Waals surface area (Å²) in [6.45, 7) is 0.767. The molecule has 0 spiro atoms. The highest BCUT2D eigenvalue weighted by molar-refractivity contribution is 9.10. The lowest BCUT2D eigenvalue weighted by molar-refractivity contribution is -0.00308. The van der Waals surface area contributed by atoms with Gasteiger partial charge >= 0.3 is 0 Å². The first-order valence-electron chi connectivity index (χ1n) is 4.79. The molecule has 0 aromatic carbocycles. The largest absolute Gasteiger partial charge is 0.454 e. The molecule has 78 valence electrons. The molecule has 2 rings (SSSR count). The number of aliphatic hydroxyl groups is 1. The molecule has 1 aromatic rings. The highest BCUT2D eigenvalue weighted by atomic mass is 79.9. The number of ether oxygens (including phenoxy) is 1. The first-order valence-corrected chi connectivity index (χ1v) is 5.59. The number of halogens is 1. The van der Waals surface area contributed by atoms with Crippen LogP contribution in [0.1, 0.15) is 18.6 Å². The van der Waals surface area contributed by atoms with Crippen LogP contribution in [0.2, 0.25) is 0 Å². The molecule has 2 unspecified atom stereocenters. The van der Waals surface area contributed by atoms with E-state index >= 15 is 0 Å². The van der Waals surface area contributed by atoms with E-state index in [9.17, 15) is 5.11 Å². The van der Waals surface area contributed by atoms with E-state index in [4.69, 9.17) is 9.15 Å². The molecular formula is C10H13BrO3. The van der Waals surface area contributed by atoms with Crippen LogP contribution in [0, 0.1) is 0 Å². The van der Waals surface area contributed by atoms with Gasteiger partial charge in [-0.05, 0) is 40.9 Å². The van der Waals surface area contributed by atoms with Crippen molar-refractivity contribution in [2.24, 2.45) is 0 Å². The Morgan fingerprint density at radius 2 is 2.43 bits per heavy atom. The van der Waals surface area contributed by atoms with Gasteiger partial charge in [-0.1, -0.05) is 0 Å². The van der Waals surface area contributed by atoms with Crippen LogP contribution in [0.3, 0.4) is 0 Å². The zero-order valence-electron chi connectivity index (χ0n) is 7.78. The van der Waals surface area contributed by atoms with Crippen LogP contribution in [0.4, 0.5) is 0 Å². The van der Waals surface area contributed by atoms with Gasteiger partial charge in [0.15, 0.2) is 4.67 Å². The standard InChI is InChI=1S/C10H13BrO3/c11-10-4-3-7(14-10)6-8(12)9-2-1-5-13-9/h3-4,8-9,12H,1-2,5-6H2. The van der Waals surface area contributed by atoms with E-state index in [1.807, 2.05) is 12.1 Å². The Morgan fingerprint density at radius 1 is 1.57 bits per heavy atom. The molecule has 0 radical (unpaired) electrons. The Kier molecular flexibility index (Phi) is 3.26. The molecule has 1 aromatic heterocycles. The fourth-order valence-electron chi connectivity index (χ4n) is 1.71. The predicted molar refractivity (Wildman–Crippen MR) is 55.1 cm³/mol. The summed E-state index contributed by atoms with van der Waals surface area (Å²) in [5.41, 5.74) is 0. The molecule has 1 saturated heterocycles. The first-order chi connectivity index (χ1) is 6.75. The normalized spacial score (nSPS) is 24.0. The Morgan fingerprint density at radius 3 is 3.00 bits per heavy atom. The van der Waals surface area contributed by atoms with Crippen LogP contribution in [-0.4, -0.2) is 23.9 Å². The third kappa shape index (κ3) is 2.38. The second-order valence-electron chi connectivity index (χ2n) is 3.53. The first kappa shape index (κ1) is 10.2. The van der Waals surface area contributed by atoms with Gasteiger partial charge in [0.1, 0.15) is 5.76 Å². The van der Waals surface area contributed by atoms with E-state index < -0.39 is 6.10 Å². The van der Waals surface area contributed by atoms with Crippen molar-refractivity contribution in [2.75, 3.05) is 6.61 Å². The molecule has 1 fully saturated rings. The highest BCUT2D eigenvalue weighted by Gasteiger charge is 2.24. The lowest BCUT2D eigenvalue weighted by Crippen LogP contribution is -2.27. The summed E-state index contributed by atoms with van der Waals surface area (Å²) in [7, 11) is 0. The van der Waals surface area contributed by atoms with Gasteiger partial charge in [-0.2, -0.15) is 0 Å². The van der Waals surface area contributed by atoms with E-state index in [-0.39, 0.29) is 6.10 Å². The summed E-state index contributed by atoms with van der Waals surface area (Å²) in [6.07, 6.45) is 2.05. The van der Waals surface area contributed by atoms with Crippen molar-refractivity contribution in [3.8, 4) is 0 Å². The van der Waals surface area contributed by atoms with Gasteiger partial charge in [-0.15, -0.1) is 0 Å². The number of furan rings is 1. The monoisotopic (exact) mass is 260 g/mol. The van der Waals surface area contributed by atoms with Gasteiger partial charge in [-0.3, -0.25) is 0 Å². The van der Waals surface area contributed by atoms with Crippen LogP contribution in [-0.2, 0) is 11.2 Å². The van der Waals surface area contributed by atoms with E-state index in [1.54, 1.807) is 0 Å². The smallest absolute Gasteiger partial charge is 0.169 e. The van der Waals surface area contributed by atoms with Gasteiger partial charge in [0.05, 0.1) is 12.2 Å². The molecule has 1 N–H and O–H groups in total. The molecule has 0 amide bonds. The fraction of sp³-hybridized carbons (Fsp3) is 0.600.